The van der Waals surface area contributed by atoms with E-state index in [4.69, 9.17) is 0 Å². The number of halogens is 1. The van der Waals surface area contributed by atoms with E-state index in [2.05, 4.69) is 38.8 Å². The Morgan fingerprint density at radius 1 is 1.50 bits per heavy atom. The molecule has 1 aliphatic carbocycles. The Hall–Kier alpha value is -0.310. The van der Waals surface area contributed by atoms with Gasteiger partial charge in [-0.2, -0.15) is 5.10 Å². The first-order valence-electron chi connectivity index (χ1n) is 5.40. The summed E-state index contributed by atoms with van der Waals surface area (Å²) in [6, 6.07) is 0.636. The lowest BCUT2D eigenvalue weighted by Gasteiger charge is -2.28. The molecule has 1 aliphatic rings. The van der Waals surface area contributed by atoms with Gasteiger partial charge in [0.15, 0.2) is 0 Å². The van der Waals surface area contributed by atoms with Crippen LogP contribution in [-0.2, 0) is 5.33 Å². The molecule has 14 heavy (non-hydrogen) atoms. The Kier molecular flexibility index (Phi) is 3.26. The van der Waals surface area contributed by atoms with E-state index in [1.54, 1.807) is 0 Å². The number of alkyl halides is 1. The van der Waals surface area contributed by atoms with E-state index in [9.17, 15) is 0 Å². The summed E-state index contributed by atoms with van der Waals surface area (Å²) in [7, 11) is 0. The summed E-state index contributed by atoms with van der Waals surface area (Å²) in [6.45, 7) is 2.35. The van der Waals surface area contributed by atoms with Crippen molar-refractivity contribution in [1.82, 2.24) is 9.78 Å². The summed E-state index contributed by atoms with van der Waals surface area (Å²) in [5.41, 5.74) is 1.28. The predicted molar refractivity (Wildman–Crippen MR) is 61.5 cm³/mol. The lowest BCUT2D eigenvalue weighted by Crippen LogP contribution is -2.21. The molecule has 0 amide bonds. The van der Waals surface area contributed by atoms with Crippen LogP contribution in [0.1, 0.15) is 44.2 Å². The molecule has 0 radical (unpaired) electrons. The summed E-state index contributed by atoms with van der Waals surface area (Å²) in [5.74, 6) is 0.784. The fourth-order valence-corrected chi connectivity index (χ4v) is 2.61. The monoisotopic (exact) mass is 256 g/mol. The van der Waals surface area contributed by atoms with Crippen LogP contribution in [0.5, 0.6) is 0 Å². The van der Waals surface area contributed by atoms with Crippen molar-refractivity contribution in [2.45, 2.75) is 44.0 Å². The molecule has 0 spiro atoms. The van der Waals surface area contributed by atoms with E-state index in [1.165, 1.54) is 31.2 Å². The van der Waals surface area contributed by atoms with Gasteiger partial charge in [-0.15, -0.1) is 0 Å². The summed E-state index contributed by atoms with van der Waals surface area (Å²) in [5, 5.41) is 5.36. The molecule has 2 nitrogen and oxygen atoms in total. The highest BCUT2D eigenvalue weighted by Gasteiger charge is 2.23. The van der Waals surface area contributed by atoms with E-state index in [1.807, 2.05) is 6.20 Å². The molecule has 78 valence electrons. The van der Waals surface area contributed by atoms with Crippen molar-refractivity contribution < 1.29 is 0 Å². The summed E-state index contributed by atoms with van der Waals surface area (Å²) < 4.78 is 2.17. The number of rotatable bonds is 2. The van der Waals surface area contributed by atoms with Crippen molar-refractivity contribution in [3.8, 4) is 0 Å². The van der Waals surface area contributed by atoms with Crippen molar-refractivity contribution >= 4 is 15.9 Å². The van der Waals surface area contributed by atoms with Gasteiger partial charge in [-0.25, -0.2) is 0 Å². The third-order valence-corrected chi connectivity index (χ3v) is 3.86. The van der Waals surface area contributed by atoms with Crippen LogP contribution in [0.25, 0.3) is 0 Å². The molecule has 0 aromatic carbocycles. The van der Waals surface area contributed by atoms with E-state index < -0.39 is 0 Å². The van der Waals surface area contributed by atoms with Gasteiger partial charge in [0.25, 0.3) is 0 Å². The van der Waals surface area contributed by atoms with Crippen LogP contribution >= 0.6 is 15.9 Å². The maximum absolute atomic E-state index is 4.45. The Morgan fingerprint density at radius 3 is 2.93 bits per heavy atom. The minimum absolute atomic E-state index is 0.636. The van der Waals surface area contributed by atoms with Gasteiger partial charge in [0.1, 0.15) is 0 Å². The normalized spacial score (nSPS) is 27.9. The standard InChI is InChI=1S/C11H17BrN2/c1-9-4-2-3-5-11(9)14-8-10(6-12)7-13-14/h7-9,11H,2-6H2,1H3. The third kappa shape index (κ3) is 2.02. The van der Waals surface area contributed by atoms with E-state index in [-0.39, 0.29) is 0 Å². The van der Waals surface area contributed by atoms with Gasteiger partial charge in [-0.05, 0) is 18.8 Å². The molecule has 2 atom stereocenters. The van der Waals surface area contributed by atoms with Gasteiger partial charge in [0, 0.05) is 17.1 Å². The second-order valence-electron chi connectivity index (χ2n) is 4.29. The first-order valence-corrected chi connectivity index (χ1v) is 6.52. The average molecular weight is 257 g/mol. The molecule has 0 aliphatic heterocycles. The number of nitrogens with zero attached hydrogens (tertiary/aromatic N) is 2. The molecule has 2 unspecified atom stereocenters. The van der Waals surface area contributed by atoms with Gasteiger partial charge >= 0.3 is 0 Å². The quantitative estimate of drug-likeness (QED) is 0.741. The molecule has 0 saturated heterocycles. The molecule has 0 bridgehead atoms. The Morgan fingerprint density at radius 2 is 2.29 bits per heavy atom. The molecule has 0 N–H and O–H groups in total. The van der Waals surface area contributed by atoms with Gasteiger partial charge in [-0.1, -0.05) is 35.7 Å². The van der Waals surface area contributed by atoms with E-state index in [0.29, 0.717) is 6.04 Å². The molecule has 1 fully saturated rings. The highest BCUT2D eigenvalue weighted by atomic mass is 79.9. The molecule has 1 aromatic heterocycles. The molecular formula is C11H17BrN2. The van der Waals surface area contributed by atoms with Crippen molar-refractivity contribution in [3.05, 3.63) is 18.0 Å². The molecule has 1 aromatic rings. The van der Waals surface area contributed by atoms with Gasteiger partial charge in [0.2, 0.25) is 0 Å². The third-order valence-electron chi connectivity index (χ3n) is 3.22. The van der Waals surface area contributed by atoms with Crippen LogP contribution in [0.2, 0.25) is 0 Å². The second-order valence-corrected chi connectivity index (χ2v) is 4.85. The molecular weight excluding hydrogens is 240 g/mol. The van der Waals surface area contributed by atoms with E-state index >= 15 is 0 Å². The van der Waals surface area contributed by atoms with Crippen LogP contribution in [0.4, 0.5) is 0 Å². The maximum Gasteiger partial charge on any atom is 0.0544 e. The second kappa shape index (κ2) is 4.47. The minimum Gasteiger partial charge on any atom is -0.269 e. The smallest absolute Gasteiger partial charge is 0.0544 e. The Labute approximate surface area is 93.8 Å². The SMILES string of the molecule is CC1CCCCC1n1cc(CBr)cn1. The summed E-state index contributed by atoms with van der Waals surface area (Å²) >= 11 is 3.46. The zero-order valence-corrected chi connectivity index (χ0v) is 10.2. The maximum atomic E-state index is 4.45. The molecule has 3 heteroatoms. The Balaban J connectivity index is 2.12. The zero-order chi connectivity index (χ0) is 9.97. The van der Waals surface area contributed by atoms with Gasteiger partial charge in [0.05, 0.1) is 12.2 Å². The number of hydrogen-bond acceptors (Lipinski definition) is 1. The van der Waals surface area contributed by atoms with Crippen molar-refractivity contribution in [1.29, 1.82) is 0 Å². The zero-order valence-electron chi connectivity index (χ0n) is 8.62. The van der Waals surface area contributed by atoms with Crippen molar-refractivity contribution in [2.24, 2.45) is 5.92 Å². The first-order chi connectivity index (χ1) is 6.81. The molecule has 1 heterocycles. The summed E-state index contributed by atoms with van der Waals surface area (Å²) in [4.78, 5) is 0. The topological polar surface area (TPSA) is 17.8 Å². The highest BCUT2D eigenvalue weighted by molar-refractivity contribution is 9.08. The first kappa shape index (κ1) is 10.2. The predicted octanol–water partition coefficient (Wildman–Crippen LogP) is 3.53. The fraction of sp³-hybridized carbons (Fsp3) is 0.727. The molecule has 1 saturated carbocycles. The summed E-state index contributed by atoms with van der Waals surface area (Å²) in [6.07, 6.45) is 9.55. The van der Waals surface area contributed by atoms with Crippen LogP contribution in [-0.4, -0.2) is 9.78 Å². The molecule has 2 rings (SSSR count). The highest BCUT2D eigenvalue weighted by Crippen LogP contribution is 2.33. The lowest BCUT2D eigenvalue weighted by atomic mass is 9.86. The van der Waals surface area contributed by atoms with Crippen LogP contribution in [0, 0.1) is 5.92 Å². The van der Waals surface area contributed by atoms with Gasteiger partial charge < -0.3 is 0 Å². The van der Waals surface area contributed by atoms with Crippen molar-refractivity contribution in [3.63, 3.8) is 0 Å². The van der Waals surface area contributed by atoms with E-state index in [0.717, 1.165) is 11.2 Å². The largest absolute Gasteiger partial charge is 0.269 e. The lowest BCUT2D eigenvalue weighted by molar-refractivity contribution is 0.240. The number of hydrogen-bond donors (Lipinski definition) is 0. The minimum atomic E-state index is 0.636. The van der Waals surface area contributed by atoms with Crippen molar-refractivity contribution in [2.75, 3.05) is 0 Å². The average Bonchev–Trinajstić information content (AvgIpc) is 2.67. The number of aromatic nitrogens is 2. The fourth-order valence-electron chi connectivity index (χ4n) is 2.32. The van der Waals surface area contributed by atoms with Crippen LogP contribution in [0.15, 0.2) is 12.4 Å². The van der Waals surface area contributed by atoms with Crippen LogP contribution in [0.3, 0.4) is 0 Å². The van der Waals surface area contributed by atoms with Gasteiger partial charge in [-0.3, -0.25) is 4.68 Å². The Bertz CT molecular complexity index is 295. The van der Waals surface area contributed by atoms with Crippen LogP contribution < -0.4 is 0 Å².